The number of hydrogen-bond acceptors (Lipinski definition) is 5. The largest absolute Gasteiger partial charge is 0.490 e. The van der Waals surface area contributed by atoms with Gasteiger partial charge in [0.2, 0.25) is 0 Å². The lowest BCUT2D eigenvalue weighted by molar-refractivity contribution is 0.0947. The van der Waals surface area contributed by atoms with Gasteiger partial charge in [0.15, 0.2) is 11.5 Å². The van der Waals surface area contributed by atoms with Gasteiger partial charge in [-0.1, -0.05) is 23.7 Å². The van der Waals surface area contributed by atoms with Gasteiger partial charge < -0.3 is 19.7 Å². The molecule has 1 fully saturated rings. The zero-order chi connectivity index (χ0) is 23.9. The van der Waals surface area contributed by atoms with Crippen molar-refractivity contribution in [1.29, 1.82) is 0 Å². The van der Waals surface area contributed by atoms with Crippen LogP contribution in [0.15, 0.2) is 60.9 Å². The normalized spacial score (nSPS) is 15.3. The molecule has 2 aromatic carbocycles. The molecule has 1 unspecified atom stereocenters. The third kappa shape index (κ3) is 6.00. The van der Waals surface area contributed by atoms with Crippen molar-refractivity contribution in [2.24, 2.45) is 5.92 Å². The maximum Gasteiger partial charge on any atom is 0.251 e. The van der Waals surface area contributed by atoms with Gasteiger partial charge >= 0.3 is 0 Å². The molecule has 0 bridgehead atoms. The fourth-order valence-corrected chi connectivity index (χ4v) is 4.33. The minimum atomic E-state index is -0.114. The summed E-state index contributed by atoms with van der Waals surface area (Å²) in [7, 11) is 0. The smallest absolute Gasteiger partial charge is 0.251 e. The molecule has 1 aromatic heterocycles. The molecule has 0 spiro atoms. The van der Waals surface area contributed by atoms with Gasteiger partial charge in [-0.05, 0) is 68.1 Å². The first-order valence-corrected chi connectivity index (χ1v) is 12.0. The van der Waals surface area contributed by atoms with Crippen LogP contribution < -0.4 is 19.7 Å². The van der Waals surface area contributed by atoms with Crippen molar-refractivity contribution in [2.75, 3.05) is 31.1 Å². The minimum absolute atomic E-state index is 0.114. The Labute approximate surface area is 205 Å². The second kappa shape index (κ2) is 11.3. The van der Waals surface area contributed by atoms with Gasteiger partial charge in [-0.15, -0.1) is 0 Å². The topological polar surface area (TPSA) is 63.7 Å². The highest BCUT2D eigenvalue weighted by molar-refractivity contribution is 6.30. The third-order valence-corrected chi connectivity index (χ3v) is 6.21. The van der Waals surface area contributed by atoms with Crippen molar-refractivity contribution >= 4 is 23.2 Å². The highest BCUT2D eigenvalue weighted by atomic mass is 35.5. The standard InChI is InChI=1S/C27H30ClN3O3/c1-3-33-26-13-22(7-9-25(26)34-18-21-5-4-11-29-15-21)27(32)30-16-20-10-12-31(17-20)24-14-23(28)8-6-19(24)2/h4-9,11,13-15,20H,3,10,12,16-18H2,1-2H3,(H,30,32). The summed E-state index contributed by atoms with van der Waals surface area (Å²) in [6.45, 7) is 7.34. The summed E-state index contributed by atoms with van der Waals surface area (Å²) in [4.78, 5) is 19.3. The van der Waals surface area contributed by atoms with E-state index in [2.05, 4.69) is 22.1 Å². The lowest BCUT2D eigenvalue weighted by atomic mass is 10.1. The van der Waals surface area contributed by atoms with Crippen LogP contribution in [-0.2, 0) is 6.61 Å². The minimum Gasteiger partial charge on any atom is -0.490 e. The van der Waals surface area contributed by atoms with Gasteiger partial charge in [-0.2, -0.15) is 0 Å². The Balaban J connectivity index is 1.34. The number of nitrogens with zero attached hydrogens (tertiary/aromatic N) is 2. The fraction of sp³-hybridized carbons (Fsp3) is 0.333. The maximum atomic E-state index is 12.9. The summed E-state index contributed by atoms with van der Waals surface area (Å²) in [6.07, 6.45) is 4.52. The Morgan fingerprint density at radius 1 is 1.18 bits per heavy atom. The molecule has 1 atom stereocenters. The maximum absolute atomic E-state index is 12.9. The van der Waals surface area contributed by atoms with Gasteiger partial charge in [-0.3, -0.25) is 9.78 Å². The molecule has 0 radical (unpaired) electrons. The van der Waals surface area contributed by atoms with Crippen LogP contribution in [-0.4, -0.2) is 37.1 Å². The van der Waals surface area contributed by atoms with Crippen molar-refractivity contribution in [1.82, 2.24) is 10.3 Å². The number of halogens is 1. The highest BCUT2D eigenvalue weighted by Gasteiger charge is 2.24. The van der Waals surface area contributed by atoms with Crippen LogP contribution in [0, 0.1) is 12.8 Å². The summed E-state index contributed by atoms with van der Waals surface area (Å²) >= 11 is 6.19. The average Bonchev–Trinajstić information content (AvgIpc) is 3.33. The summed E-state index contributed by atoms with van der Waals surface area (Å²) in [6, 6.07) is 15.1. The third-order valence-electron chi connectivity index (χ3n) is 5.97. The quantitative estimate of drug-likeness (QED) is 0.452. The first-order chi connectivity index (χ1) is 16.5. The predicted octanol–water partition coefficient (Wildman–Crippen LogP) is 5.28. The molecule has 0 saturated carbocycles. The number of pyridine rings is 1. The molecule has 6 nitrogen and oxygen atoms in total. The molecule has 0 aliphatic carbocycles. The van der Waals surface area contributed by atoms with Crippen molar-refractivity contribution in [3.8, 4) is 11.5 Å². The van der Waals surface area contributed by atoms with Crippen LogP contribution in [0.1, 0.15) is 34.8 Å². The number of hydrogen-bond donors (Lipinski definition) is 1. The Morgan fingerprint density at radius 3 is 2.85 bits per heavy atom. The first-order valence-electron chi connectivity index (χ1n) is 11.6. The zero-order valence-corrected chi connectivity index (χ0v) is 20.3. The number of benzene rings is 2. The molecule has 4 rings (SSSR count). The number of nitrogens with one attached hydrogen (secondary N) is 1. The second-order valence-corrected chi connectivity index (χ2v) is 8.92. The Morgan fingerprint density at radius 2 is 2.06 bits per heavy atom. The molecule has 34 heavy (non-hydrogen) atoms. The summed E-state index contributed by atoms with van der Waals surface area (Å²) < 4.78 is 11.7. The number of carbonyl (C=O) groups is 1. The van der Waals surface area contributed by atoms with Gasteiger partial charge in [0.25, 0.3) is 5.91 Å². The number of anilines is 1. The van der Waals surface area contributed by atoms with Crippen molar-refractivity contribution in [3.63, 3.8) is 0 Å². The number of ether oxygens (including phenoxy) is 2. The first kappa shape index (κ1) is 23.9. The SMILES string of the molecule is CCOc1cc(C(=O)NCC2CCN(c3cc(Cl)ccc3C)C2)ccc1OCc1cccnc1. The van der Waals surface area contributed by atoms with Crippen LogP contribution in [0.3, 0.4) is 0 Å². The van der Waals surface area contributed by atoms with Crippen molar-refractivity contribution < 1.29 is 14.3 Å². The molecule has 1 amide bonds. The summed E-state index contributed by atoms with van der Waals surface area (Å²) in [5.41, 5.74) is 3.90. The van der Waals surface area contributed by atoms with E-state index in [4.69, 9.17) is 21.1 Å². The molecule has 1 aliphatic heterocycles. The van der Waals surface area contributed by atoms with E-state index in [1.54, 1.807) is 30.6 Å². The van der Waals surface area contributed by atoms with E-state index >= 15 is 0 Å². The van der Waals surface area contributed by atoms with E-state index in [-0.39, 0.29) is 5.91 Å². The molecular weight excluding hydrogens is 450 g/mol. The van der Waals surface area contributed by atoms with Gasteiger partial charge in [0, 0.05) is 53.9 Å². The lowest BCUT2D eigenvalue weighted by Gasteiger charge is -2.21. The van der Waals surface area contributed by atoms with E-state index in [1.807, 2.05) is 37.3 Å². The van der Waals surface area contributed by atoms with E-state index in [0.29, 0.717) is 42.7 Å². The molecule has 3 aromatic rings. The Kier molecular flexibility index (Phi) is 7.91. The second-order valence-electron chi connectivity index (χ2n) is 8.49. The molecule has 1 saturated heterocycles. The Bertz CT molecular complexity index is 1120. The molecule has 7 heteroatoms. The molecule has 2 heterocycles. The lowest BCUT2D eigenvalue weighted by Crippen LogP contribution is -2.31. The van der Waals surface area contributed by atoms with Crippen LogP contribution >= 0.6 is 11.6 Å². The number of rotatable bonds is 9. The van der Waals surface area contributed by atoms with E-state index in [9.17, 15) is 4.79 Å². The average molecular weight is 480 g/mol. The number of aromatic nitrogens is 1. The van der Waals surface area contributed by atoms with Gasteiger partial charge in [0.1, 0.15) is 6.61 Å². The predicted molar refractivity (Wildman–Crippen MR) is 135 cm³/mol. The Hall–Kier alpha value is -3.25. The van der Waals surface area contributed by atoms with Crippen molar-refractivity contribution in [2.45, 2.75) is 26.9 Å². The molecule has 1 N–H and O–H groups in total. The van der Waals surface area contributed by atoms with Crippen molar-refractivity contribution in [3.05, 3.63) is 82.6 Å². The molecular formula is C27H30ClN3O3. The van der Waals surface area contributed by atoms with E-state index < -0.39 is 0 Å². The van der Waals surface area contributed by atoms with Gasteiger partial charge in [-0.25, -0.2) is 0 Å². The molecule has 178 valence electrons. The fourth-order valence-electron chi connectivity index (χ4n) is 4.16. The zero-order valence-electron chi connectivity index (χ0n) is 19.6. The van der Waals surface area contributed by atoms with Gasteiger partial charge in [0.05, 0.1) is 6.61 Å². The number of aryl methyl sites for hydroxylation is 1. The van der Waals surface area contributed by atoms with Crippen LogP contribution in [0.4, 0.5) is 5.69 Å². The van der Waals surface area contributed by atoms with Crippen LogP contribution in [0.2, 0.25) is 5.02 Å². The van der Waals surface area contributed by atoms with E-state index in [0.717, 1.165) is 30.1 Å². The number of carbonyl (C=O) groups excluding carboxylic acids is 1. The monoisotopic (exact) mass is 479 g/mol. The van der Waals surface area contributed by atoms with Crippen LogP contribution in [0.25, 0.3) is 0 Å². The number of amides is 1. The highest BCUT2D eigenvalue weighted by Crippen LogP contribution is 2.30. The summed E-state index contributed by atoms with van der Waals surface area (Å²) in [5.74, 6) is 1.43. The summed E-state index contributed by atoms with van der Waals surface area (Å²) in [5, 5.41) is 3.83. The van der Waals surface area contributed by atoms with Crippen LogP contribution in [0.5, 0.6) is 11.5 Å². The van der Waals surface area contributed by atoms with E-state index in [1.165, 1.54) is 11.3 Å². The molecule has 1 aliphatic rings.